The smallest absolute Gasteiger partial charge is 0.465 e. The average molecular weight is 308 g/mol. The molecule has 1 N–H and O–H groups in total. The second-order valence-corrected chi connectivity index (χ2v) is 5.02. The zero-order valence-electron chi connectivity index (χ0n) is 11.3. The molecule has 1 aliphatic rings. The summed E-state index contributed by atoms with van der Waals surface area (Å²) in [6.45, 7) is 2.81. The van der Waals surface area contributed by atoms with Gasteiger partial charge in [0, 0.05) is 24.1 Å². The lowest BCUT2D eigenvalue weighted by atomic mass is 10.1. The Labute approximate surface area is 117 Å². The van der Waals surface area contributed by atoms with Crippen LogP contribution in [0, 0.1) is 5.92 Å². The van der Waals surface area contributed by atoms with E-state index in [2.05, 4.69) is 9.56 Å². The van der Waals surface area contributed by atoms with Gasteiger partial charge in [0.1, 0.15) is 6.61 Å². The van der Waals surface area contributed by atoms with E-state index in [4.69, 9.17) is 9.63 Å². The number of unbranched alkanes of at least 4 members (excludes halogenated alkanes) is 1. The van der Waals surface area contributed by atoms with Gasteiger partial charge >= 0.3 is 14.2 Å². The molecule has 9 heteroatoms. The molecule has 0 saturated carbocycles. The monoisotopic (exact) mass is 308 g/mol. The number of hydrogen-bond acceptors (Lipinski definition) is 6. The molecule has 0 aromatic rings. The van der Waals surface area contributed by atoms with Crippen molar-refractivity contribution in [2.45, 2.75) is 26.2 Å². The third kappa shape index (κ3) is 5.92. The maximum Gasteiger partial charge on any atom is 0.725 e. The Morgan fingerprint density at radius 1 is 1.50 bits per heavy atom. The molecule has 1 aliphatic heterocycles. The molecule has 0 aromatic heterocycles. The van der Waals surface area contributed by atoms with Crippen molar-refractivity contribution in [1.29, 1.82) is 0 Å². The quantitative estimate of drug-likeness (QED) is 0.221. The van der Waals surface area contributed by atoms with Crippen LogP contribution in [0.25, 0.3) is 0 Å². The van der Waals surface area contributed by atoms with Gasteiger partial charge in [-0.1, -0.05) is 13.3 Å². The molecule has 0 radical (unpaired) electrons. The first-order chi connectivity index (χ1) is 9.54. The molecule has 2 atom stereocenters. The van der Waals surface area contributed by atoms with Crippen molar-refractivity contribution in [2.75, 3.05) is 26.3 Å². The van der Waals surface area contributed by atoms with Crippen molar-refractivity contribution in [2.24, 2.45) is 5.92 Å². The van der Waals surface area contributed by atoms with E-state index in [1.165, 1.54) is 4.90 Å². The Morgan fingerprint density at radius 2 is 2.25 bits per heavy atom. The van der Waals surface area contributed by atoms with Crippen LogP contribution in [-0.2, 0) is 28.5 Å². The van der Waals surface area contributed by atoms with Crippen molar-refractivity contribution >= 4 is 20.1 Å². The van der Waals surface area contributed by atoms with Crippen LogP contribution in [-0.4, -0.2) is 48.0 Å². The van der Waals surface area contributed by atoms with E-state index in [1.807, 2.05) is 6.92 Å². The van der Waals surface area contributed by atoms with Crippen LogP contribution in [0.3, 0.4) is 0 Å². The van der Waals surface area contributed by atoms with Crippen LogP contribution in [0.2, 0.25) is 0 Å². The molecule has 0 aromatic carbocycles. The molecule has 1 saturated heterocycles. The molecule has 1 heterocycles. The normalized spacial score (nSPS) is 19.3. The fraction of sp³-hybridized carbons (Fsp3) is 0.818. The highest BCUT2D eigenvalue weighted by Crippen LogP contribution is 2.19. The average Bonchev–Trinajstić information content (AvgIpc) is 2.76. The first-order valence-electron chi connectivity index (χ1n) is 6.44. The summed E-state index contributed by atoms with van der Waals surface area (Å²) >= 11 is 0. The highest BCUT2D eigenvalue weighted by Gasteiger charge is 2.35. The lowest BCUT2D eigenvalue weighted by Gasteiger charge is -2.14. The summed E-state index contributed by atoms with van der Waals surface area (Å²) in [4.78, 5) is 37.6. The van der Waals surface area contributed by atoms with Gasteiger partial charge in [0.2, 0.25) is 5.91 Å². The van der Waals surface area contributed by atoms with E-state index < -0.39 is 14.2 Å². The SMILES string of the molecule is CCCCOC(=O)C1CC(=O)N(CCOO[P+](=O)O)C1. The number of carbonyl (C=O) groups excluding carboxylic acids is 2. The van der Waals surface area contributed by atoms with Crippen molar-refractivity contribution in [3.63, 3.8) is 0 Å². The summed E-state index contributed by atoms with van der Waals surface area (Å²) in [5.74, 6) is -0.973. The minimum atomic E-state index is -2.81. The largest absolute Gasteiger partial charge is 0.725 e. The number of nitrogens with zero attached hydrogens (tertiary/aromatic N) is 1. The molecule has 114 valence electrons. The Bertz CT molecular complexity index is 363. The second kappa shape index (κ2) is 8.97. The highest BCUT2D eigenvalue weighted by atomic mass is 31.1. The fourth-order valence-corrected chi connectivity index (χ4v) is 1.98. The van der Waals surface area contributed by atoms with Gasteiger partial charge in [-0.25, -0.2) is 0 Å². The molecular weight excluding hydrogens is 289 g/mol. The Kier molecular flexibility index (Phi) is 7.61. The molecule has 20 heavy (non-hydrogen) atoms. The number of amides is 1. The van der Waals surface area contributed by atoms with Crippen LogP contribution in [0.4, 0.5) is 0 Å². The summed E-state index contributed by atoms with van der Waals surface area (Å²) in [5.41, 5.74) is 0. The predicted octanol–water partition coefficient (Wildman–Crippen LogP) is 0.776. The number of esters is 1. The first kappa shape index (κ1) is 17.0. The van der Waals surface area contributed by atoms with Crippen molar-refractivity contribution in [1.82, 2.24) is 4.90 Å². The molecule has 1 amide bonds. The third-order valence-electron chi connectivity index (χ3n) is 2.85. The van der Waals surface area contributed by atoms with E-state index >= 15 is 0 Å². The van der Waals surface area contributed by atoms with Crippen LogP contribution >= 0.6 is 8.25 Å². The van der Waals surface area contributed by atoms with Gasteiger partial charge in [-0.15, -0.1) is 4.89 Å². The molecule has 1 fully saturated rings. The summed E-state index contributed by atoms with van der Waals surface area (Å²) in [7, 11) is -2.81. The first-order valence-corrected chi connectivity index (χ1v) is 7.57. The minimum absolute atomic E-state index is 0.0367. The standard InChI is InChI=1S/C11H18NO7P/c1-2-3-5-17-11(14)9-7-10(13)12(8-9)4-6-18-19-20(15)16/h9H,2-8H2,1H3/p+1. The van der Waals surface area contributed by atoms with Gasteiger partial charge in [-0.2, -0.15) is 4.89 Å². The summed E-state index contributed by atoms with van der Waals surface area (Å²) < 4.78 is 19.3. The van der Waals surface area contributed by atoms with Crippen LogP contribution < -0.4 is 0 Å². The topological polar surface area (TPSA) is 102 Å². The lowest BCUT2D eigenvalue weighted by molar-refractivity contribution is -0.209. The zero-order chi connectivity index (χ0) is 15.0. The number of likely N-dealkylation sites (tertiary alicyclic amines) is 1. The van der Waals surface area contributed by atoms with Crippen LogP contribution in [0.1, 0.15) is 26.2 Å². The van der Waals surface area contributed by atoms with E-state index in [0.717, 1.165) is 12.8 Å². The number of carbonyl (C=O) groups is 2. The number of rotatable bonds is 9. The van der Waals surface area contributed by atoms with Gasteiger partial charge in [0.15, 0.2) is 0 Å². The summed E-state index contributed by atoms with van der Waals surface area (Å²) in [5, 5.41) is 0. The van der Waals surface area contributed by atoms with Crippen molar-refractivity contribution in [3.8, 4) is 0 Å². The Morgan fingerprint density at radius 3 is 2.90 bits per heavy atom. The molecule has 2 unspecified atom stereocenters. The number of hydrogen-bond donors (Lipinski definition) is 1. The van der Waals surface area contributed by atoms with Crippen LogP contribution in [0.15, 0.2) is 0 Å². The van der Waals surface area contributed by atoms with Gasteiger partial charge in [0.25, 0.3) is 0 Å². The lowest BCUT2D eigenvalue weighted by Crippen LogP contribution is -2.30. The van der Waals surface area contributed by atoms with Crippen molar-refractivity contribution < 1.29 is 33.3 Å². The van der Waals surface area contributed by atoms with E-state index in [1.54, 1.807) is 0 Å². The maximum atomic E-state index is 11.7. The van der Waals surface area contributed by atoms with Gasteiger partial charge in [-0.3, -0.25) is 9.59 Å². The number of ether oxygens (including phenoxy) is 1. The minimum Gasteiger partial charge on any atom is -0.465 e. The predicted molar refractivity (Wildman–Crippen MR) is 67.4 cm³/mol. The third-order valence-corrected chi connectivity index (χ3v) is 3.08. The van der Waals surface area contributed by atoms with Gasteiger partial charge in [-0.05, 0) is 6.42 Å². The highest BCUT2D eigenvalue weighted by molar-refractivity contribution is 7.31. The fourth-order valence-electron chi connectivity index (χ4n) is 1.81. The molecule has 0 bridgehead atoms. The summed E-state index contributed by atoms with van der Waals surface area (Å²) in [6.07, 6.45) is 1.87. The van der Waals surface area contributed by atoms with E-state index in [-0.39, 0.29) is 38.0 Å². The molecule has 0 aliphatic carbocycles. The second-order valence-electron chi connectivity index (χ2n) is 4.40. The van der Waals surface area contributed by atoms with E-state index in [9.17, 15) is 14.2 Å². The zero-order valence-corrected chi connectivity index (χ0v) is 12.2. The summed E-state index contributed by atoms with van der Waals surface area (Å²) in [6, 6.07) is 0. The maximum absolute atomic E-state index is 11.7. The van der Waals surface area contributed by atoms with Crippen molar-refractivity contribution in [3.05, 3.63) is 0 Å². The molecular formula is C11H19NO7P+. The van der Waals surface area contributed by atoms with Gasteiger partial charge in [0.05, 0.1) is 17.2 Å². The Hall–Kier alpha value is -1.08. The Balaban J connectivity index is 2.26. The van der Waals surface area contributed by atoms with E-state index in [0.29, 0.717) is 6.61 Å². The van der Waals surface area contributed by atoms with Crippen LogP contribution in [0.5, 0.6) is 0 Å². The molecule has 1 rings (SSSR count). The van der Waals surface area contributed by atoms with Gasteiger partial charge < -0.3 is 9.64 Å². The molecule has 0 spiro atoms. The molecule has 8 nitrogen and oxygen atoms in total.